The van der Waals surface area contributed by atoms with Gasteiger partial charge in [0.25, 0.3) is 0 Å². The Bertz CT molecular complexity index is 483. The standard InChI is InChI=1S/C18H29NO/c1-12-7-6-8-18(11-12,20-5)17(19)16-10-14(3)13(2)9-15(16)4/h9-10,12,17H,6-8,11,19H2,1-5H3. The second-order valence-corrected chi connectivity index (χ2v) is 6.74. The predicted octanol–water partition coefficient (Wildman–Crippen LogP) is 4.21. The minimum Gasteiger partial charge on any atom is -0.376 e. The molecule has 0 bridgehead atoms. The van der Waals surface area contributed by atoms with Crippen molar-refractivity contribution in [2.45, 2.75) is 65.0 Å². The van der Waals surface area contributed by atoms with Gasteiger partial charge in [-0.05, 0) is 61.8 Å². The lowest BCUT2D eigenvalue weighted by Crippen LogP contribution is -2.46. The van der Waals surface area contributed by atoms with Gasteiger partial charge in [0.15, 0.2) is 0 Å². The molecule has 1 saturated carbocycles. The van der Waals surface area contributed by atoms with Gasteiger partial charge in [-0.2, -0.15) is 0 Å². The van der Waals surface area contributed by atoms with Gasteiger partial charge in [-0.1, -0.05) is 31.9 Å². The summed E-state index contributed by atoms with van der Waals surface area (Å²) in [6.45, 7) is 8.80. The highest BCUT2D eigenvalue weighted by Gasteiger charge is 2.41. The van der Waals surface area contributed by atoms with Crippen LogP contribution in [-0.2, 0) is 4.74 Å². The first-order valence-corrected chi connectivity index (χ1v) is 7.78. The Morgan fingerprint density at radius 2 is 1.85 bits per heavy atom. The number of hydrogen-bond donors (Lipinski definition) is 1. The Balaban J connectivity index is 2.38. The van der Waals surface area contributed by atoms with Gasteiger partial charge in [0.1, 0.15) is 0 Å². The first-order chi connectivity index (χ1) is 9.39. The fourth-order valence-electron chi connectivity index (χ4n) is 3.74. The summed E-state index contributed by atoms with van der Waals surface area (Å²) >= 11 is 0. The molecule has 20 heavy (non-hydrogen) atoms. The summed E-state index contributed by atoms with van der Waals surface area (Å²) in [6, 6.07) is 4.48. The molecule has 0 amide bonds. The monoisotopic (exact) mass is 275 g/mol. The van der Waals surface area contributed by atoms with Crippen LogP contribution in [0, 0.1) is 26.7 Å². The van der Waals surface area contributed by atoms with E-state index in [0.717, 1.165) is 12.8 Å². The number of benzene rings is 1. The first-order valence-electron chi connectivity index (χ1n) is 7.78. The average Bonchev–Trinajstić information content (AvgIpc) is 2.42. The maximum absolute atomic E-state index is 6.67. The smallest absolute Gasteiger partial charge is 0.0873 e. The molecule has 0 radical (unpaired) electrons. The Labute approximate surface area is 123 Å². The van der Waals surface area contributed by atoms with Crippen LogP contribution in [0.3, 0.4) is 0 Å². The molecular formula is C18H29NO. The van der Waals surface area contributed by atoms with Gasteiger partial charge in [-0.3, -0.25) is 0 Å². The zero-order valence-corrected chi connectivity index (χ0v) is 13.6. The van der Waals surface area contributed by atoms with Crippen molar-refractivity contribution in [2.75, 3.05) is 7.11 Å². The van der Waals surface area contributed by atoms with Gasteiger partial charge in [0.05, 0.1) is 11.6 Å². The molecule has 2 rings (SSSR count). The normalized spacial score (nSPS) is 28.4. The van der Waals surface area contributed by atoms with Crippen LogP contribution in [0.15, 0.2) is 12.1 Å². The van der Waals surface area contributed by atoms with Crippen LogP contribution >= 0.6 is 0 Å². The molecule has 2 N–H and O–H groups in total. The third kappa shape index (κ3) is 2.77. The van der Waals surface area contributed by atoms with Gasteiger partial charge in [0, 0.05) is 7.11 Å². The quantitative estimate of drug-likeness (QED) is 0.897. The molecule has 2 nitrogen and oxygen atoms in total. The van der Waals surface area contributed by atoms with E-state index in [1.54, 1.807) is 0 Å². The maximum atomic E-state index is 6.67. The van der Waals surface area contributed by atoms with Crippen molar-refractivity contribution in [2.24, 2.45) is 11.7 Å². The molecule has 1 aromatic carbocycles. The second-order valence-electron chi connectivity index (χ2n) is 6.74. The molecule has 3 unspecified atom stereocenters. The third-order valence-electron chi connectivity index (χ3n) is 5.18. The van der Waals surface area contributed by atoms with Gasteiger partial charge in [-0.15, -0.1) is 0 Å². The van der Waals surface area contributed by atoms with Crippen molar-refractivity contribution >= 4 is 0 Å². The molecule has 0 saturated heterocycles. The summed E-state index contributed by atoms with van der Waals surface area (Å²) in [4.78, 5) is 0. The molecule has 0 spiro atoms. The van der Waals surface area contributed by atoms with E-state index in [-0.39, 0.29) is 11.6 Å². The van der Waals surface area contributed by atoms with Crippen LogP contribution in [0.25, 0.3) is 0 Å². The molecule has 0 aromatic heterocycles. The summed E-state index contributed by atoms with van der Waals surface area (Å²) in [5.41, 5.74) is 11.7. The highest BCUT2D eigenvalue weighted by Crippen LogP contribution is 2.43. The van der Waals surface area contributed by atoms with Crippen LogP contribution in [0.5, 0.6) is 0 Å². The van der Waals surface area contributed by atoms with E-state index in [2.05, 4.69) is 39.8 Å². The summed E-state index contributed by atoms with van der Waals surface area (Å²) < 4.78 is 5.97. The Morgan fingerprint density at radius 1 is 1.20 bits per heavy atom. The number of aryl methyl sites for hydroxylation is 3. The fraction of sp³-hybridized carbons (Fsp3) is 0.667. The van der Waals surface area contributed by atoms with E-state index in [1.807, 2.05) is 7.11 Å². The average molecular weight is 275 g/mol. The molecule has 1 aliphatic rings. The SMILES string of the molecule is COC1(C(N)c2cc(C)c(C)cc2C)CCCC(C)C1. The van der Waals surface area contributed by atoms with Crippen molar-refractivity contribution in [1.29, 1.82) is 0 Å². The van der Waals surface area contributed by atoms with Crippen LogP contribution in [-0.4, -0.2) is 12.7 Å². The highest BCUT2D eigenvalue weighted by atomic mass is 16.5. The lowest BCUT2D eigenvalue weighted by atomic mass is 9.72. The van der Waals surface area contributed by atoms with E-state index < -0.39 is 0 Å². The molecular weight excluding hydrogens is 246 g/mol. The van der Waals surface area contributed by atoms with Crippen LogP contribution < -0.4 is 5.73 Å². The van der Waals surface area contributed by atoms with Crippen molar-refractivity contribution in [1.82, 2.24) is 0 Å². The van der Waals surface area contributed by atoms with Crippen LogP contribution in [0.1, 0.15) is 60.9 Å². The van der Waals surface area contributed by atoms with Gasteiger partial charge in [-0.25, -0.2) is 0 Å². The summed E-state index contributed by atoms with van der Waals surface area (Å²) in [5, 5.41) is 0. The van der Waals surface area contributed by atoms with Crippen molar-refractivity contribution in [3.05, 3.63) is 34.4 Å². The fourth-order valence-corrected chi connectivity index (χ4v) is 3.74. The lowest BCUT2D eigenvalue weighted by molar-refractivity contribution is -0.0719. The van der Waals surface area contributed by atoms with E-state index in [0.29, 0.717) is 5.92 Å². The van der Waals surface area contributed by atoms with Crippen molar-refractivity contribution in [3.8, 4) is 0 Å². The minimum atomic E-state index is -0.190. The third-order valence-corrected chi connectivity index (χ3v) is 5.18. The number of hydrogen-bond acceptors (Lipinski definition) is 2. The Morgan fingerprint density at radius 3 is 2.45 bits per heavy atom. The Hall–Kier alpha value is -0.860. The van der Waals surface area contributed by atoms with Crippen molar-refractivity contribution in [3.63, 3.8) is 0 Å². The lowest BCUT2D eigenvalue weighted by Gasteiger charge is -2.43. The molecule has 3 atom stereocenters. The minimum absolute atomic E-state index is 0.0328. The van der Waals surface area contributed by atoms with Gasteiger partial charge in [0.2, 0.25) is 0 Å². The van der Waals surface area contributed by atoms with Crippen LogP contribution in [0.2, 0.25) is 0 Å². The molecule has 1 fully saturated rings. The van der Waals surface area contributed by atoms with Crippen molar-refractivity contribution < 1.29 is 4.74 Å². The molecule has 1 aliphatic carbocycles. The molecule has 112 valence electrons. The number of methoxy groups -OCH3 is 1. The van der Waals surface area contributed by atoms with Gasteiger partial charge >= 0.3 is 0 Å². The van der Waals surface area contributed by atoms with E-state index >= 15 is 0 Å². The van der Waals surface area contributed by atoms with E-state index in [9.17, 15) is 0 Å². The Kier molecular flexibility index (Phi) is 4.55. The largest absolute Gasteiger partial charge is 0.376 e. The summed E-state index contributed by atoms with van der Waals surface area (Å²) in [7, 11) is 1.83. The number of rotatable bonds is 3. The first kappa shape index (κ1) is 15.5. The van der Waals surface area contributed by atoms with Crippen LogP contribution in [0.4, 0.5) is 0 Å². The van der Waals surface area contributed by atoms with Gasteiger partial charge < -0.3 is 10.5 Å². The molecule has 0 aliphatic heterocycles. The number of ether oxygens (including phenoxy) is 1. The predicted molar refractivity (Wildman–Crippen MR) is 85.0 cm³/mol. The molecule has 1 aromatic rings. The van der Waals surface area contributed by atoms with E-state index in [1.165, 1.54) is 35.1 Å². The second kappa shape index (κ2) is 5.87. The highest BCUT2D eigenvalue weighted by molar-refractivity contribution is 5.39. The van der Waals surface area contributed by atoms with E-state index in [4.69, 9.17) is 10.5 Å². The molecule has 0 heterocycles. The topological polar surface area (TPSA) is 35.2 Å². The maximum Gasteiger partial charge on any atom is 0.0873 e. The molecule has 2 heteroatoms. The zero-order chi connectivity index (χ0) is 14.9. The summed E-state index contributed by atoms with van der Waals surface area (Å²) in [6.07, 6.45) is 4.65. The number of nitrogens with two attached hydrogens (primary N) is 1. The zero-order valence-electron chi connectivity index (χ0n) is 13.6. The summed E-state index contributed by atoms with van der Waals surface area (Å²) in [5.74, 6) is 0.696.